The molecule has 4 N–H and O–H groups in total. The Morgan fingerprint density at radius 3 is 1.84 bits per heavy atom. The Bertz CT molecular complexity index is 2080. The summed E-state index contributed by atoms with van der Waals surface area (Å²) in [5.74, 6) is 2.89. The lowest BCUT2D eigenvalue weighted by Gasteiger charge is -2.33. The summed E-state index contributed by atoms with van der Waals surface area (Å²) in [6.07, 6.45) is 14.4. The molecule has 5 heterocycles. The van der Waals surface area contributed by atoms with Crippen molar-refractivity contribution < 1.29 is 9.59 Å². The van der Waals surface area contributed by atoms with Gasteiger partial charge in [-0.1, -0.05) is 84.9 Å². The van der Waals surface area contributed by atoms with Crippen molar-refractivity contribution in [3.63, 3.8) is 0 Å². The molecule has 4 fully saturated rings. The van der Waals surface area contributed by atoms with Gasteiger partial charge in [-0.2, -0.15) is 0 Å². The van der Waals surface area contributed by atoms with Gasteiger partial charge in [0, 0.05) is 30.9 Å². The molecule has 1 aliphatic carbocycles. The Hall–Kier alpha value is -5.06. The zero-order chi connectivity index (χ0) is 38.0. The van der Waals surface area contributed by atoms with E-state index in [4.69, 9.17) is 15.7 Å². The molecule has 0 radical (unpaired) electrons. The lowest BCUT2D eigenvalue weighted by Crippen LogP contribution is -2.42. The average Bonchev–Trinajstić information content (AvgIpc) is 4.11. The first-order chi connectivity index (χ1) is 27.5. The number of carbonyl (C=O) groups excluding carboxylic acids is 2. The minimum Gasteiger partial charge on any atom is -0.344 e. The van der Waals surface area contributed by atoms with E-state index in [0.717, 1.165) is 118 Å². The summed E-state index contributed by atoms with van der Waals surface area (Å²) in [6.45, 7) is 3.40. The van der Waals surface area contributed by atoms with E-state index in [2.05, 4.69) is 56.2 Å². The van der Waals surface area contributed by atoms with Gasteiger partial charge in [0.05, 0.1) is 24.0 Å². The van der Waals surface area contributed by atoms with Crippen LogP contribution in [0.4, 0.5) is 0 Å². The highest BCUT2D eigenvalue weighted by atomic mass is 16.2. The van der Waals surface area contributed by atoms with Crippen molar-refractivity contribution in [1.29, 1.82) is 0 Å². The average molecular weight is 751 g/mol. The number of carbonyl (C=O) groups is 2. The highest BCUT2D eigenvalue weighted by molar-refractivity contribution is 5.84. The first-order valence-electron chi connectivity index (χ1n) is 20.9. The molecule has 0 unspecified atom stereocenters. The van der Waals surface area contributed by atoms with Crippen LogP contribution < -0.4 is 5.73 Å². The fourth-order valence-electron chi connectivity index (χ4n) is 9.97. The number of H-pyrrole nitrogens is 2. The van der Waals surface area contributed by atoms with Gasteiger partial charge in [-0.25, -0.2) is 9.97 Å². The molecule has 3 aromatic carbocycles. The van der Waals surface area contributed by atoms with E-state index in [1.54, 1.807) is 0 Å². The number of likely N-dealkylation sites (tertiary alicyclic amines) is 3. The molecular formula is C46H54N8O2. The van der Waals surface area contributed by atoms with Crippen molar-refractivity contribution in [3.8, 4) is 11.3 Å². The number of nitrogens with two attached hydrogens (primary N) is 1. The molecule has 5 aromatic rings. The Morgan fingerprint density at radius 1 is 0.607 bits per heavy atom. The smallest absolute Gasteiger partial charge is 0.245 e. The fourth-order valence-corrected chi connectivity index (χ4v) is 9.97. The molecule has 3 saturated heterocycles. The SMILES string of the molecule is N[C@@H](C(=O)N1CCC[C@H]1c1ncc(C2CCC(c3ccc(-c4cnc([C@@H]5CCCN5C(=O)[C@@H](c5ccccc5)N5CCCC5)[nH]4)cc3)CC2)[nH]1)c1ccccc1. The number of aromatic nitrogens is 4. The summed E-state index contributed by atoms with van der Waals surface area (Å²) >= 11 is 0. The van der Waals surface area contributed by atoms with Gasteiger partial charge in [-0.15, -0.1) is 0 Å². The summed E-state index contributed by atoms with van der Waals surface area (Å²) in [5.41, 5.74) is 13.0. The van der Waals surface area contributed by atoms with Crippen LogP contribution in [0.3, 0.4) is 0 Å². The molecule has 1 saturated carbocycles. The third-order valence-corrected chi connectivity index (χ3v) is 13.1. The maximum atomic E-state index is 14.3. The van der Waals surface area contributed by atoms with Crippen molar-refractivity contribution in [3.05, 3.63) is 131 Å². The third-order valence-electron chi connectivity index (χ3n) is 13.1. The van der Waals surface area contributed by atoms with Gasteiger partial charge in [-0.3, -0.25) is 14.5 Å². The Balaban J connectivity index is 0.812. The number of rotatable bonds is 10. The first-order valence-corrected chi connectivity index (χ1v) is 20.9. The number of nitrogens with one attached hydrogen (secondary N) is 2. The van der Waals surface area contributed by atoms with Gasteiger partial charge >= 0.3 is 0 Å². The van der Waals surface area contributed by atoms with E-state index in [1.807, 2.05) is 65.8 Å². The first kappa shape index (κ1) is 36.6. The maximum absolute atomic E-state index is 14.3. The number of hydrogen-bond acceptors (Lipinski definition) is 6. The maximum Gasteiger partial charge on any atom is 0.245 e. The normalized spacial score (nSPS) is 24.1. The molecule has 9 rings (SSSR count). The zero-order valence-electron chi connectivity index (χ0n) is 32.2. The van der Waals surface area contributed by atoms with Crippen LogP contribution in [0.15, 0.2) is 97.3 Å². The number of amides is 2. The second-order valence-electron chi connectivity index (χ2n) is 16.4. The number of aromatic amines is 2. The topological polar surface area (TPSA) is 127 Å². The molecule has 0 bridgehead atoms. The Morgan fingerprint density at radius 2 is 1.18 bits per heavy atom. The lowest BCUT2D eigenvalue weighted by atomic mass is 9.77. The molecule has 2 aromatic heterocycles. The number of imidazole rings is 2. The van der Waals surface area contributed by atoms with E-state index in [-0.39, 0.29) is 29.9 Å². The molecule has 290 valence electrons. The van der Waals surface area contributed by atoms with Gasteiger partial charge in [0.2, 0.25) is 11.8 Å². The van der Waals surface area contributed by atoms with Gasteiger partial charge in [0.25, 0.3) is 0 Å². The summed E-state index contributed by atoms with van der Waals surface area (Å²) in [7, 11) is 0. The summed E-state index contributed by atoms with van der Waals surface area (Å²) in [4.78, 5) is 51.0. The van der Waals surface area contributed by atoms with E-state index >= 15 is 0 Å². The fraction of sp³-hybridized carbons (Fsp3) is 0.435. The van der Waals surface area contributed by atoms with E-state index in [9.17, 15) is 9.59 Å². The zero-order valence-corrected chi connectivity index (χ0v) is 32.2. The van der Waals surface area contributed by atoms with Gasteiger partial charge < -0.3 is 25.5 Å². The third kappa shape index (κ3) is 7.32. The Kier molecular flexibility index (Phi) is 10.6. The van der Waals surface area contributed by atoms with Crippen LogP contribution in [-0.2, 0) is 9.59 Å². The largest absolute Gasteiger partial charge is 0.344 e. The minimum absolute atomic E-state index is 0.0337. The van der Waals surface area contributed by atoms with E-state index in [0.29, 0.717) is 18.4 Å². The van der Waals surface area contributed by atoms with Crippen LogP contribution in [0, 0.1) is 0 Å². The summed E-state index contributed by atoms with van der Waals surface area (Å²) < 4.78 is 0. The molecule has 10 heteroatoms. The van der Waals surface area contributed by atoms with Crippen molar-refractivity contribution in [2.45, 2.75) is 100 Å². The van der Waals surface area contributed by atoms with E-state index in [1.165, 1.54) is 11.3 Å². The summed E-state index contributed by atoms with van der Waals surface area (Å²) in [5, 5.41) is 0. The van der Waals surface area contributed by atoms with Crippen molar-refractivity contribution in [2.75, 3.05) is 26.2 Å². The Labute approximate surface area is 329 Å². The molecule has 10 nitrogen and oxygen atoms in total. The van der Waals surface area contributed by atoms with Crippen LogP contribution in [-0.4, -0.2) is 72.6 Å². The molecule has 2 amide bonds. The molecule has 56 heavy (non-hydrogen) atoms. The lowest BCUT2D eigenvalue weighted by molar-refractivity contribution is -0.138. The second-order valence-corrected chi connectivity index (χ2v) is 16.4. The van der Waals surface area contributed by atoms with Crippen LogP contribution in [0.1, 0.15) is 134 Å². The quantitative estimate of drug-likeness (QED) is 0.132. The van der Waals surface area contributed by atoms with Crippen molar-refractivity contribution >= 4 is 11.8 Å². The molecule has 4 aliphatic rings. The second kappa shape index (κ2) is 16.2. The standard InChI is InChI=1S/C46H54N8O2/c47-41(35-11-3-1-4-12-35)45(55)53-27-9-15-39(53)43-48-29-37(50-43)33-21-17-31(18-22-33)32-19-23-34(24-20-32)38-30-49-44(51-38)40-16-10-28-54(40)46(56)42(52-25-7-8-26-52)36-13-5-2-6-14-36/h1-6,11-14,19-20,23-24,29-31,33,39-42H,7-10,15-18,21-22,25-28,47H2,(H,48,50)(H,49,51)/t31?,33?,39-,40-,41+,42+/m0/s1. The monoisotopic (exact) mass is 750 g/mol. The van der Waals surface area contributed by atoms with Crippen molar-refractivity contribution in [1.82, 2.24) is 34.6 Å². The highest BCUT2D eigenvalue weighted by Crippen LogP contribution is 2.42. The number of nitrogens with zero attached hydrogens (tertiary/aromatic N) is 5. The van der Waals surface area contributed by atoms with Crippen molar-refractivity contribution in [2.24, 2.45) is 5.73 Å². The summed E-state index contributed by atoms with van der Waals surface area (Å²) in [6, 6.07) is 27.9. The minimum atomic E-state index is -0.662. The molecule has 3 aliphatic heterocycles. The van der Waals surface area contributed by atoms with Gasteiger partial charge in [0.15, 0.2) is 0 Å². The molecule has 0 spiro atoms. The van der Waals surface area contributed by atoms with Crippen LogP contribution in [0.5, 0.6) is 0 Å². The van der Waals surface area contributed by atoms with Crippen LogP contribution in [0.2, 0.25) is 0 Å². The van der Waals surface area contributed by atoms with Gasteiger partial charge in [-0.05, 0) is 105 Å². The highest BCUT2D eigenvalue weighted by Gasteiger charge is 2.40. The number of benzene rings is 3. The predicted octanol–water partition coefficient (Wildman–Crippen LogP) is 8.11. The number of hydrogen-bond donors (Lipinski definition) is 3. The molecular weight excluding hydrogens is 697 g/mol. The van der Waals surface area contributed by atoms with Crippen LogP contribution >= 0.6 is 0 Å². The molecule has 4 atom stereocenters. The predicted molar refractivity (Wildman–Crippen MR) is 217 cm³/mol. The van der Waals surface area contributed by atoms with E-state index < -0.39 is 6.04 Å². The van der Waals surface area contributed by atoms with Crippen LogP contribution in [0.25, 0.3) is 11.3 Å². The van der Waals surface area contributed by atoms with Gasteiger partial charge in [0.1, 0.15) is 23.7 Å².